The van der Waals surface area contributed by atoms with E-state index in [0.29, 0.717) is 12.1 Å². The lowest BCUT2D eigenvalue weighted by molar-refractivity contribution is -0.140. The average Bonchev–Trinajstić information content (AvgIpc) is 2.61. The molecule has 2 atom stereocenters. The number of nitrogens with zero attached hydrogens (tertiary/aromatic N) is 1. The first kappa shape index (κ1) is 24.5. The van der Waals surface area contributed by atoms with Gasteiger partial charge in [-0.2, -0.15) is 0 Å². The summed E-state index contributed by atoms with van der Waals surface area (Å²) in [6.45, 7) is 11.4. The zero-order valence-corrected chi connectivity index (χ0v) is 18.7. The SMILES string of the molecule is CCCCNC(=O)C(c1ccc(C)cc1)N(C)C(=O)C(C)NC(=O)OC(C)(C)C. The monoisotopic (exact) mass is 405 g/mol. The van der Waals surface area contributed by atoms with E-state index in [-0.39, 0.29) is 11.8 Å². The van der Waals surface area contributed by atoms with E-state index in [1.165, 1.54) is 4.90 Å². The van der Waals surface area contributed by atoms with Crippen LogP contribution in [0.15, 0.2) is 24.3 Å². The summed E-state index contributed by atoms with van der Waals surface area (Å²) in [6.07, 6.45) is 1.15. The maximum atomic E-state index is 12.9. The molecule has 0 aliphatic heterocycles. The van der Waals surface area contributed by atoms with Crippen LogP contribution in [0.25, 0.3) is 0 Å². The molecule has 0 heterocycles. The van der Waals surface area contributed by atoms with Crippen molar-refractivity contribution in [2.24, 2.45) is 0 Å². The number of hydrogen-bond acceptors (Lipinski definition) is 4. The van der Waals surface area contributed by atoms with E-state index in [4.69, 9.17) is 4.74 Å². The van der Waals surface area contributed by atoms with Gasteiger partial charge in [-0.3, -0.25) is 9.59 Å². The minimum Gasteiger partial charge on any atom is -0.444 e. The Labute approximate surface area is 174 Å². The molecule has 1 aromatic carbocycles. The van der Waals surface area contributed by atoms with Crippen LogP contribution in [0.3, 0.4) is 0 Å². The van der Waals surface area contributed by atoms with Gasteiger partial charge in [-0.05, 0) is 46.6 Å². The van der Waals surface area contributed by atoms with Crippen LogP contribution >= 0.6 is 0 Å². The summed E-state index contributed by atoms with van der Waals surface area (Å²) >= 11 is 0. The Morgan fingerprint density at radius 1 is 1.14 bits per heavy atom. The number of carbonyl (C=O) groups is 3. The summed E-state index contributed by atoms with van der Waals surface area (Å²) in [6, 6.07) is 5.86. The van der Waals surface area contributed by atoms with Crippen molar-refractivity contribution in [2.45, 2.75) is 72.1 Å². The van der Waals surface area contributed by atoms with Gasteiger partial charge in [-0.1, -0.05) is 43.2 Å². The third-order valence-corrected chi connectivity index (χ3v) is 4.31. The van der Waals surface area contributed by atoms with E-state index in [9.17, 15) is 14.4 Å². The zero-order chi connectivity index (χ0) is 22.2. The number of aryl methyl sites for hydroxylation is 1. The van der Waals surface area contributed by atoms with Crippen LogP contribution in [-0.4, -0.2) is 48.0 Å². The predicted molar refractivity (Wildman–Crippen MR) is 113 cm³/mol. The molecule has 0 spiro atoms. The highest BCUT2D eigenvalue weighted by molar-refractivity contribution is 5.91. The summed E-state index contributed by atoms with van der Waals surface area (Å²) in [5, 5.41) is 5.44. The maximum absolute atomic E-state index is 12.9. The highest BCUT2D eigenvalue weighted by atomic mass is 16.6. The van der Waals surface area contributed by atoms with Crippen molar-refractivity contribution in [2.75, 3.05) is 13.6 Å². The second-order valence-corrected chi connectivity index (χ2v) is 8.27. The molecule has 29 heavy (non-hydrogen) atoms. The first-order valence-electron chi connectivity index (χ1n) is 10.1. The van der Waals surface area contributed by atoms with Crippen molar-refractivity contribution < 1.29 is 19.1 Å². The molecule has 2 N–H and O–H groups in total. The van der Waals surface area contributed by atoms with E-state index in [1.807, 2.05) is 38.1 Å². The molecule has 0 fully saturated rings. The van der Waals surface area contributed by atoms with Gasteiger partial charge >= 0.3 is 6.09 Å². The Morgan fingerprint density at radius 3 is 2.24 bits per heavy atom. The van der Waals surface area contributed by atoms with Crippen LogP contribution in [0.1, 0.15) is 64.6 Å². The van der Waals surface area contributed by atoms with Gasteiger partial charge in [0.05, 0.1) is 0 Å². The van der Waals surface area contributed by atoms with Gasteiger partial charge in [0.2, 0.25) is 11.8 Å². The lowest BCUT2D eigenvalue weighted by Crippen LogP contribution is -2.50. The van der Waals surface area contributed by atoms with E-state index in [0.717, 1.165) is 18.4 Å². The summed E-state index contributed by atoms with van der Waals surface area (Å²) in [7, 11) is 1.57. The first-order valence-corrected chi connectivity index (χ1v) is 10.1. The molecule has 162 valence electrons. The number of ether oxygens (including phenoxy) is 1. The van der Waals surface area contributed by atoms with Crippen LogP contribution < -0.4 is 10.6 Å². The molecule has 0 aliphatic rings. The van der Waals surface area contributed by atoms with Gasteiger partial charge < -0.3 is 20.3 Å². The van der Waals surface area contributed by atoms with Crippen LogP contribution in [0.2, 0.25) is 0 Å². The number of hydrogen-bond donors (Lipinski definition) is 2. The molecular weight excluding hydrogens is 370 g/mol. The topological polar surface area (TPSA) is 87.7 Å². The second kappa shape index (κ2) is 10.8. The Kier molecular flexibility index (Phi) is 9.14. The van der Waals surface area contributed by atoms with Crippen LogP contribution in [-0.2, 0) is 14.3 Å². The Balaban J connectivity index is 2.98. The zero-order valence-electron chi connectivity index (χ0n) is 18.7. The average molecular weight is 406 g/mol. The lowest BCUT2D eigenvalue weighted by Gasteiger charge is -2.30. The van der Waals surface area contributed by atoms with Gasteiger partial charge in [0.15, 0.2) is 0 Å². The molecule has 0 saturated heterocycles. The number of amides is 3. The van der Waals surface area contributed by atoms with Crippen molar-refractivity contribution >= 4 is 17.9 Å². The van der Waals surface area contributed by atoms with Gasteiger partial charge in [-0.25, -0.2) is 4.79 Å². The smallest absolute Gasteiger partial charge is 0.408 e. The highest BCUT2D eigenvalue weighted by Gasteiger charge is 2.32. The molecule has 0 saturated carbocycles. The molecule has 7 nitrogen and oxygen atoms in total. The molecule has 0 radical (unpaired) electrons. The summed E-state index contributed by atoms with van der Waals surface area (Å²) < 4.78 is 5.21. The third kappa shape index (κ3) is 8.13. The standard InChI is InChI=1S/C22H35N3O4/c1-8-9-14-23-19(26)18(17-12-10-15(2)11-13-17)25(7)20(27)16(3)24-21(28)29-22(4,5)6/h10-13,16,18H,8-9,14H2,1-7H3,(H,23,26)(H,24,28). The number of carbonyl (C=O) groups excluding carboxylic acids is 3. The fourth-order valence-electron chi connectivity index (χ4n) is 2.76. The predicted octanol–water partition coefficient (Wildman–Crippen LogP) is 3.32. The van der Waals surface area contributed by atoms with E-state index < -0.39 is 23.8 Å². The number of benzene rings is 1. The number of rotatable bonds is 8. The minimum atomic E-state index is -0.841. The molecule has 0 aromatic heterocycles. The van der Waals surface area contributed by atoms with Crippen molar-refractivity contribution in [1.82, 2.24) is 15.5 Å². The van der Waals surface area contributed by atoms with Gasteiger partial charge in [-0.15, -0.1) is 0 Å². The molecule has 2 unspecified atom stereocenters. The molecule has 3 amide bonds. The van der Waals surface area contributed by atoms with Gasteiger partial charge in [0.25, 0.3) is 0 Å². The van der Waals surface area contributed by atoms with Crippen molar-refractivity contribution in [3.8, 4) is 0 Å². The normalized spacial score (nSPS) is 13.2. The van der Waals surface area contributed by atoms with Crippen LogP contribution in [0.5, 0.6) is 0 Å². The molecular formula is C22H35N3O4. The number of alkyl carbamates (subject to hydrolysis) is 1. The molecule has 1 rings (SSSR count). The van der Waals surface area contributed by atoms with Crippen molar-refractivity contribution in [3.05, 3.63) is 35.4 Å². The molecule has 0 bridgehead atoms. The third-order valence-electron chi connectivity index (χ3n) is 4.31. The molecule has 7 heteroatoms. The maximum Gasteiger partial charge on any atom is 0.408 e. The minimum absolute atomic E-state index is 0.248. The van der Waals surface area contributed by atoms with Crippen LogP contribution in [0.4, 0.5) is 4.79 Å². The fourth-order valence-corrected chi connectivity index (χ4v) is 2.76. The Bertz CT molecular complexity index is 695. The number of unbranched alkanes of at least 4 members (excludes halogenated alkanes) is 1. The highest BCUT2D eigenvalue weighted by Crippen LogP contribution is 2.21. The fraction of sp³-hybridized carbons (Fsp3) is 0.591. The largest absolute Gasteiger partial charge is 0.444 e. The Hall–Kier alpha value is -2.57. The van der Waals surface area contributed by atoms with E-state index in [1.54, 1.807) is 34.7 Å². The number of likely N-dealkylation sites (N-methyl/N-ethyl adjacent to an activating group) is 1. The summed E-state index contributed by atoms with van der Waals surface area (Å²) in [5.41, 5.74) is 1.11. The number of nitrogens with one attached hydrogen (secondary N) is 2. The Morgan fingerprint density at radius 2 is 1.72 bits per heavy atom. The summed E-state index contributed by atoms with van der Waals surface area (Å²) in [5.74, 6) is -0.630. The summed E-state index contributed by atoms with van der Waals surface area (Å²) in [4.78, 5) is 39.2. The second-order valence-electron chi connectivity index (χ2n) is 8.27. The van der Waals surface area contributed by atoms with Crippen molar-refractivity contribution in [3.63, 3.8) is 0 Å². The van der Waals surface area contributed by atoms with Crippen molar-refractivity contribution in [1.29, 1.82) is 0 Å². The van der Waals surface area contributed by atoms with Gasteiger partial charge in [0.1, 0.15) is 17.7 Å². The van der Waals surface area contributed by atoms with Crippen LogP contribution in [0, 0.1) is 6.92 Å². The quantitative estimate of drug-likeness (QED) is 0.650. The lowest BCUT2D eigenvalue weighted by atomic mass is 10.0. The molecule has 0 aliphatic carbocycles. The van der Waals surface area contributed by atoms with Gasteiger partial charge in [0, 0.05) is 13.6 Å². The first-order chi connectivity index (χ1) is 13.5. The molecule has 1 aromatic rings. The van der Waals surface area contributed by atoms with E-state index in [2.05, 4.69) is 10.6 Å². The van der Waals surface area contributed by atoms with E-state index >= 15 is 0 Å².